The Hall–Kier alpha value is -3.19. The van der Waals surface area contributed by atoms with Gasteiger partial charge in [0.25, 0.3) is 0 Å². The molecule has 3 aromatic rings. The van der Waals surface area contributed by atoms with Gasteiger partial charge in [-0.25, -0.2) is 14.6 Å². The van der Waals surface area contributed by atoms with E-state index in [0.29, 0.717) is 18.7 Å². The summed E-state index contributed by atoms with van der Waals surface area (Å²) in [4.78, 5) is 28.7. The van der Waals surface area contributed by atoms with E-state index < -0.39 is 11.9 Å². The van der Waals surface area contributed by atoms with Gasteiger partial charge in [-0.2, -0.15) is 0 Å². The molecule has 0 aliphatic carbocycles. The van der Waals surface area contributed by atoms with Gasteiger partial charge < -0.3 is 14.8 Å². The normalized spacial score (nSPS) is 11.6. The van der Waals surface area contributed by atoms with E-state index in [2.05, 4.69) is 11.9 Å². The predicted molar refractivity (Wildman–Crippen MR) is 117 cm³/mol. The minimum Gasteiger partial charge on any atom is -0.478 e. The number of nitrogens with zero attached hydrogens (tertiary/aromatic N) is 2. The number of carbonyl (C=O) groups is 2. The summed E-state index contributed by atoms with van der Waals surface area (Å²) >= 11 is 1.59. The molecule has 0 aliphatic heterocycles. The summed E-state index contributed by atoms with van der Waals surface area (Å²) in [5, 5.41) is 20.8. The fourth-order valence-electron chi connectivity index (χ4n) is 3.14. The number of carboxylic acid groups (broad SMARTS) is 2. The molecule has 0 fully saturated rings. The van der Waals surface area contributed by atoms with E-state index in [0.717, 1.165) is 35.5 Å². The van der Waals surface area contributed by atoms with E-state index in [1.165, 1.54) is 0 Å². The smallest absolute Gasteiger partial charge is 0.337 e. The lowest BCUT2D eigenvalue weighted by molar-refractivity contribution is -0.130. The molecule has 1 aromatic carbocycles. The van der Waals surface area contributed by atoms with Crippen molar-refractivity contribution < 1.29 is 19.8 Å². The number of aryl methyl sites for hydroxylation is 1. The van der Waals surface area contributed by atoms with Crippen molar-refractivity contribution in [2.24, 2.45) is 0 Å². The summed E-state index contributed by atoms with van der Waals surface area (Å²) in [6.07, 6.45) is 6.76. The Kier molecular flexibility index (Phi) is 7.19. The van der Waals surface area contributed by atoms with Gasteiger partial charge in [-0.05, 0) is 35.6 Å². The number of aromatic nitrogens is 2. The van der Waals surface area contributed by atoms with Crippen LogP contribution in [0.25, 0.3) is 5.57 Å². The first-order valence-electron chi connectivity index (χ1n) is 9.82. The van der Waals surface area contributed by atoms with Crippen LogP contribution in [0.2, 0.25) is 0 Å². The van der Waals surface area contributed by atoms with E-state index in [1.54, 1.807) is 47.9 Å². The van der Waals surface area contributed by atoms with Crippen LogP contribution in [0, 0.1) is 0 Å². The fraction of sp³-hybridized carbons (Fsp3) is 0.261. The second-order valence-electron chi connectivity index (χ2n) is 6.98. The summed E-state index contributed by atoms with van der Waals surface area (Å²) in [6.45, 7) is 2.60. The maximum Gasteiger partial charge on any atom is 0.337 e. The monoisotopic (exact) mass is 424 g/mol. The summed E-state index contributed by atoms with van der Waals surface area (Å²) in [5.41, 5.74) is 1.82. The molecule has 0 amide bonds. The van der Waals surface area contributed by atoms with Crippen LogP contribution in [-0.4, -0.2) is 31.7 Å². The molecular formula is C23H24N2O4S. The number of carboxylic acids is 2. The quantitative estimate of drug-likeness (QED) is 0.459. The number of hydrogen-bond acceptors (Lipinski definition) is 4. The van der Waals surface area contributed by atoms with Crippen LogP contribution in [0.4, 0.5) is 0 Å². The molecule has 3 rings (SSSR count). The molecule has 2 aromatic heterocycles. The SMILES string of the molecule is CCCCc1nc(/C(=C/Cc2cccs2)C(=O)O)cn1Cc1ccc(C(=O)O)cc1. The van der Waals surface area contributed by atoms with Crippen molar-refractivity contribution in [1.29, 1.82) is 0 Å². The number of unbranched alkanes of at least 4 members (excludes halogenated alkanes) is 1. The topological polar surface area (TPSA) is 92.4 Å². The van der Waals surface area contributed by atoms with Crippen molar-refractivity contribution in [2.75, 3.05) is 0 Å². The van der Waals surface area contributed by atoms with Crippen LogP contribution in [0.3, 0.4) is 0 Å². The van der Waals surface area contributed by atoms with Crippen molar-refractivity contribution in [3.05, 3.63) is 81.6 Å². The predicted octanol–water partition coefficient (Wildman–Crippen LogP) is 4.74. The first kappa shape index (κ1) is 21.5. The molecule has 30 heavy (non-hydrogen) atoms. The Labute approximate surface area is 179 Å². The van der Waals surface area contributed by atoms with Crippen LogP contribution < -0.4 is 0 Å². The number of thiophene rings is 1. The number of benzene rings is 1. The number of aliphatic carboxylic acids is 1. The van der Waals surface area contributed by atoms with Gasteiger partial charge in [0.2, 0.25) is 0 Å². The number of imidazole rings is 1. The van der Waals surface area contributed by atoms with Crippen molar-refractivity contribution >= 4 is 28.8 Å². The number of rotatable bonds is 10. The molecule has 7 heteroatoms. The van der Waals surface area contributed by atoms with Gasteiger partial charge in [-0.1, -0.05) is 37.6 Å². The Balaban J connectivity index is 1.89. The maximum atomic E-state index is 11.9. The molecule has 2 N–H and O–H groups in total. The Morgan fingerprint density at radius 1 is 1.17 bits per heavy atom. The van der Waals surface area contributed by atoms with Crippen molar-refractivity contribution in [3.63, 3.8) is 0 Å². The minimum absolute atomic E-state index is 0.195. The third-order valence-electron chi connectivity index (χ3n) is 4.76. The van der Waals surface area contributed by atoms with Gasteiger partial charge >= 0.3 is 11.9 Å². The van der Waals surface area contributed by atoms with E-state index in [4.69, 9.17) is 5.11 Å². The average Bonchev–Trinajstić information content (AvgIpc) is 3.37. The molecule has 0 unspecified atom stereocenters. The highest BCUT2D eigenvalue weighted by Crippen LogP contribution is 2.20. The summed E-state index contributed by atoms with van der Waals surface area (Å²) in [5.74, 6) is -1.13. The van der Waals surface area contributed by atoms with Gasteiger partial charge in [-0.3, -0.25) is 0 Å². The first-order valence-corrected chi connectivity index (χ1v) is 10.7. The van der Waals surface area contributed by atoms with Gasteiger partial charge in [0.05, 0.1) is 16.8 Å². The van der Waals surface area contributed by atoms with E-state index in [9.17, 15) is 14.7 Å². The van der Waals surface area contributed by atoms with Crippen molar-refractivity contribution in [3.8, 4) is 0 Å². The van der Waals surface area contributed by atoms with Gasteiger partial charge in [0.15, 0.2) is 0 Å². The highest BCUT2D eigenvalue weighted by Gasteiger charge is 2.17. The van der Waals surface area contributed by atoms with Crippen LogP contribution >= 0.6 is 11.3 Å². The lowest BCUT2D eigenvalue weighted by atomic mass is 10.1. The second kappa shape index (κ2) is 10.0. The standard InChI is InChI=1S/C23H24N2O4S/c1-2-3-6-21-24-20(19(23(28)29)12-11-18-5-4-13-30-18)15-25(21)14-16-7-9-17(10-8-16)22(26)27/h4-5,7-10,12-13,15H,2-3,6,11,14H2,1H3,(H,26,27)(H,28,29)/b19-12-. The third-order valence-corrected chi connectivity index (χ3v) is 5.66. The molecular weight excluding hydrogens is 400 g/mol. The zero-order valence-electron chi connectivity index (χ0n) is 16.7. The van der Waals surface area contributed by atoms with Crippen molar-refractivity contribution in [2.45, 2.75) is 39.2 Å². The molecule has 0 bridgehead atoms. The molecule has 0 saturated carbocycles. The van der Waals surface area contributed by atoms with E-state index >= 15 is 0 Å². The largest absolute Gasteiger partial charge is 0.478 e. The molecule has 156 valence electrons. The molecule has 0 saturated heterocycles. The van der Waals surface area contributed by atoms with E-state index in [1.807, 2.05) is 22.1 Å². The fourth-order valence-corrected chi connectivity index (χ4v) is 3.81. The molecule has 2 heterocycles. The van der Waals surface area contributed by atoms with Gasteiger partial charge in [0, 0.05) is 30.5 Å². The Morgan fingerprint density at radius 2 is 1.93 bits per heavy atom. The first-order chi connectivity index (χ1) is 14.5. The lowest BCUT2D eigenvalue weighted by Gasteiger charge is -2.08. The van der Waals surface area contributed by atoms with Crippen LogP contribution in [0.5, 0.6) is 0 Å². The Morgan fingerprint density at radius 3 is 2.53 bits per heavy atom. The Bertz CT molecular complexity index is 1030. The lowest BCUT2D eigenvalue weighted by Crippen LogP contribution is -2.05. The van der Waals surface area contributed by atoms with E-state index in [-0.39, 0.29) is 11.1 Å². The number of aromatic carboxylic acids is 1. The van der Waals surface area contributed by atoms with Crippen LogP contribution in [0.15, 0.2) is 54.1 Å². The number of allylic oxidation sites excluding steroid dienone is 1. The third kappa shape index (κ3) is 5.45. The average molecular weight is 425 g/mol. The maximum absolute atomic E-state index is 11.9. The van der Waals surface area contributed by atoms with Crippen LogP contribution in [-0.2, 0) is 24.2 Å². The molecule has 0 aliphatic rings. The molecule has 0 atom stereocenters. The summed E-state index contributed by atoms with van der Waals surface area (Å²) < 4.78 is 1.96. The minimum atomic E-state index is -0.996. The zero-order chi connectivity index (χ0) is 21.5. The summed E-state index contributed by atoms with van der Waals surface area (Å²) in [6, 6.07) is 10.6. The highest BCUT2D eigenvalue weighted by molar-refractivity contribution is 7.09. The van der Waals surface area contributed by atoms with Crippen LogP contribution in [0.1, 0.15) is 52.1 Å². The van der Waals surface area contributed by atoms with Gasteiger partial charge in [-0.15, -0.1) is 11.3 Å². The number of hydrogen-bond donors (Lipinski definition) is 2. The van der Waals surface area contributed by atoms with Gasteiger partial charge in [0.1, 0.15) is 5.82 Å². The second-order valence-corrected chi connectivity index (χ2v) is 8.01. The molecule has 0 spiro atoms. The molecule has 0 radical (unpaired) electrons. The highest BCUT2D eigenvalue weighted by atomic mass is 32.1. The zero-order valence-corrected chi connectivity index (χ0v) is 17.6. The summed E-state index contributed by atoms with van der Waals surface area (Å²) in [7, 11) is 0. The molecule has 6 nitrogen and oxygen atoms in total. The van der Waals surface area contributed by atoms with Crippen molar-refractivity contribution in [1.82, 2.24) is 9.55 Å².